The molecule has 0 unspecified atom stereocenters. The first-order chi connectivity index (χ1) is 11.8. The summed E-state index contributed by atoms with van der Waals surface area (Å²) in [6, 6.07) is 26.4. The van der Waals surface area contributed by atoms with Crippen molar-refractivity contribution in [3.63, 3.8) is 0 Å². The quantitative estimate of drug-likeness (QED) is 0.317. The van der Waals surface area contributed by atoms with Gasteiger partial charge in [0.05, 0.1) is 6.20 Å². The van der Waals surface area contributed by atoms with E-state index in [9.17, 15) is 0 Å². The van der Waals surface area contributed by atoms with E-state index >= 15 is 0 Å². The Bertz CT molecular complexity index is 833. The summed E-state index contributed by atoms with van der Waals surface area (Å²) in [4.78, 5) is 0. The minimum Gasteiger partial charge on any atom is -0.257 e. The summed E-state index contributed by atoms with van der Waals surface area (Å²) in [5, 5.41) is 8.48. The van der Waals surface area contributed by atoms with Gasteiger partial charge in [0.25, 0.3) is 0 Å². The maximum atomic E-state index is 4.24. The third-order valence-corrected chi connectivity index (χ3v) is 4.50. The number of aromatic nitrogens is 3. The van der Waals surface area contributed by atoms with Gasteiger partial charge in [-0.15, -0.1) is 5.10 Å². The van der Waals surface area contributed by atoms with Crippen molar-refractivity contribution in [3.05, 3.63) is 95.1 Å². The fraction of sp³-hybridized carbons (Fsp3) is 0.100. The Kier molecular flexibility index (Phi) is 7.38. The summed E-state index contributed by atoms with van der Waals surface area (Å²) in [5.41, 5.74) is 3.20. The molecule has 0 aliphatic rings. The first-order valence-electron chi connectivity index (χ1n) is 7.81. The zero-order valence-electron chi connectivity index (χ0n) is 13.7. The van der Waals surface area contributed by atoms with Crippen molar-refractivity contribution < 1.29 is 17.1 Å². The van der Waals surface area contributed by atoms with Crippen molar-refractivity contribution in [2.24, 2.45) is 0 Å². The topological polar surface area (TPSA) is 30.7 Å². The van der Waals surface area contributed by atoms with Crippen molar-refractivity contribution in [3.8, 4) is 11.3 Å². The number of benzene rings is 1. The van der Waals surface area contributed by atoms with Gasteiger partial charge in [0, 0.05) is 11.6 Å². The van der Waals surface area contributed by atoms with Crippen LogP contribution in [0.1, 0.15) is 18.5 Å². The SMILES string of the molecule is C[C@@H](c1cc[cH-]c1Br)n1cc(-c2ccccc2)nn1.[Fe+2].c1cc[cH-]c1. The largest absolute Gasteiger partial charge is 2.00 e. The Balaban J connectivity index is 0.000000325. The van der Waals surface area contributed by atoms with E-state index in [2.05, 4.69) is 39.2 Å². The molecule has 0 spiro atoms. The minimum atomic E-state index is 0. The van der Waals surface area contributed by atoms with E-state index in [-0.39, 0.29) is 23.1 Å². The first kappa shape index (κ1) is 19.4. The molecule has 3 nitrogen and oxygen atoms in total. The maximum absolute atomic E-state index is 4.24. The number of nitrogens with zero attached hydrogens (tertiary/aromatic N) is 3. The van der Waals surface area contributed by atoms with Crippen LogP contribution in [-0.4, -0.2) is 15.0 Å². The molecule has 5 heteroatoms. The van der Waals surface area contributed by atoms with Gasteiger partial charge in [-0.25, -0.2) is 18.2 Å². The van der Waals surface area contributed by atoms with Crippen molar-refractivity contribution >= 4 is 15.9 Å². The standard InChI is InChI=1S/C15H13BrN3.C5H5.Fe/c1-11(13-8-5-9-14(13)16)19-10-15(17-18-19)12-6-3-2-4-7-12;1-2-4-5-3-1;/h2-11H,1H3;1-5H;/q2*-1;+2/t11-;;/m0../s1. The third-order valence-electron chi connectivity index (χ3n) is 3.78. The summed E-state index contributed by atoms with van der Waals surface area (Å²) in [6.07, 6.45) is 1.99. The molecule has 0 saturated carbocycles. The molecule has 4 rings (SSSR count). The van der Waals surface area contributed by atoms with Gasteiger partial charge in [-0.2, -0.15) is 35.9 Å². The molecular weight excluding hydrogens is 418 g/mol. The van der Waals surface area contributed by atoms with Crippen molar-refractivity contribution in [2.45, 2.75) is 13.0 Å². The van der Waals surface area contributed by atoms with Crippen LogP contribution < -0.4 is 0 Å². The molecule has 4 aromatic rings. The molecule has 1 heterocycles. The van der Waals surface area contributed by atoms with Crippen LogP contribution in [0.4, 0.5) is 0 Å². The van der Waals surface area contributed by atoms with Gasteiger partial charge in [0.1, 0.15) is 5.69 Å². The number of hydrogen-bond acceptors (Lipinski definition) is 2. The van der Waals surface area contributed by atoms with E-state index in [1.54, 1.807) is 0 Å². The maximum Gasteiger partial charge on any atom is 2.00 e. The Labute approximate surface area is 167 Å². The molecule has 1 aromatic heterocycles. The molecule has 0 aliphatic heterocycles. The molecule has 0 amide bonds. The van der Waals surface area contributed by atoms with Gasteiger partial charge in [-0.05, 0) is 0 Å². The fourth-order valence-electron chi connectivity index (χ4n) is 2.42. The molecule has 0 N–H and O–H groups in total. The predicted octanol–water partition coefficient (Wildman–Crippen LogP) is 5.44. The summed E-state index contributed by atoms with van der Waals surface area (Å²) in [6.45, 7) is 2.11. The average molecular weight is 436 g/mol. The Morgan fingerprint density at radius 3 is 2.28 bits per heavy atom. The van der Waals surface area contributed by atoms with Crippen LogP contribution in [0.2, 0.25) is 0 Å². The summed E-state index contributed by atoms with van der Waals surface area (Å²) >= 11 is 3.55. The second-order valence-electron chi connectivity index (χ2n) is 5.42. The minimum absolute atomic E-state index is 0. The van der Waals surface area contributed by atoms with Gasteiger partial charge in [0.15, 0.2) is 0 Å². The molecule has 0 aliphatic carbocycles. The molecule has 1 atom stereocenters. The van der Waals surface area contributed by atoms with E-state index in [0.717, 1.165) is 15.7 Å². The Hall–Kier alpha value is -1.94. The molecule has 0 fully saturated rings. The van der Waals surface area contributed by atoms with E-state index in [0.29, 0.717) is 0 Å². The Morgan fingerprint density at radius 1 is 1.00 bits per heavy atom. The summed E-state index contributed by atoms with van der Waals surface area (Å²) in [5.74, 6) is 0. The van der Waals surface area contributed by atoms with Gasteiger partial charge in [-0.1, -0.05) is 62.9 Å². The summed E-state index contributed by atoms with van der Waals surface area (Å²) in [7, 11) is 0. The van der Waals surface area contributed by atoms with Crippen LogP contribution in [0.25, 0.3) is 11.3 Å². The van der Waals surface area contributed by atoms with Crippen LogP contribution in [0.15, 0.2) is 89.5 Å². The predicted molar refractivity (Wildman–Crippen MR) is 101 cm³/mol. The van der Waals surface area contributed by atoms with Crippen molar-refractivity contribution in [2.75, 3.05) is 0 Å². The van der Waals surface area contributed by atoms with Crippen LogP contribution >= 0.6 is 15.9 Å². The van der Waals surface area contributed by atoms with E-state index in [1.165, 1.54) is 5.56 Å². The number of halogens is 1. The molecule has 0 radical (unpaired) electrons. The molecule has 25 heavy (non-hydrogen) atoms. The monoisotopic (exact) mass is 435 g/mol. The molecule has 0 saturated heterocycles. The van der Waals surface area contributed by atoms with Crippen LogP contribution in [0.3, 0.4) is 0 Å². The second-order valence-corrected chi connectivity index (χ2v) is 6.27. The van der Waals surface area contributed by atoms with Crippen molar-refractivity contribution in [1.29, 1.82) is 0 Å². The zero-order valence-corrected chi connectivity index (χ0v) is 16.4. The number of rotatable bonds is 3. The molecular formula is C20H18BrFeN3. The van der Waals surface area contributed by atoms with Gasteiger partial charge < -0.3 is 0 Å². The Morgan fingerprint density at radius 2 is 1.72 bits per heavy atom. The molecule has 3 aromatic carbocycles. The van der Waals surface area contributed by atoms with Gasteiger partial charge in [0.2, 0.25) is 0 Å². The summed E-state index contributed by atoms with van der Waals surface area (Å²) < 4.78 is 3.00. The van der Waals surface area contributed by atoms with E-state index < -0.39 is 0 Å². The van der Waals surface area contributed by atoms with Gasteiger partial charge >= 0.3 is 17.1 Å². The van der Waals surface area contributed by atoms with E-state index in [1.807, 2.05) is 83.7 Å². The first-order valence-corrected chi connectivity index (χ1v) is 8.60. The molecule has 0 bridgehead atoms. The third kappa shape index (κ3) is 5.02. The fourth-order valence-corrected chi connectivity index (χ4v) is 3.04. The smallest absolute Gasteiger partial charge is 0.257 e. The molecule has 128 valence electrons. The average Bonchev–Trinajstić information content (AvgIpc) is 3.38. The van der Waals surface area contributed by atoms with Crippen LogP contribution in [-0.2, 0) is 17.1 Å². The van der Waals surface area contributed by atoms with Crippen LogP contribution in [0, 0.1) is 0 Å². The zero-order chi connectivity index (χ0) is 16.8. The second kappa shape index (κ2) is 9.52. The van der Waals surface area contributed by atoms with Gasteiger partial charge in [-0.3, -0.25) is 4.68 Å². The van der Waals surface area contributed by atoms with Crippen LogP contribution in [0.5, 0.6) is 0 Å². The van der Waals surface area contributed by atoms with E-state index in [4.69, 9.17) is 0 Å². The normalized spacial score (nSPS) is 11.1. The van der Waals surface area contributed by atoms with Crippen molar-refractivity contribution in [1.82, 2.24) is 15.0 Å². The number of hydrogen-bond donors (Lipinski definition) is 0.